The second kappa shape index (κ2) is 19.2. The van der Waals surface area contributed by atoms with Crippen LogP contribution < -0.4 is 29.5 Å². The number of ether oxygens (including phenoxy) is 4. The fourth-order valence-corrected chi connectivity index (χ4v) is 11.6. The van der Waals surface area contributed by atoms with E-state index in [4.69, 9.17) is 50.5 Å². The molecule has 0 saturated carbocycles. The number of hydrogen-bond acceptors (Lipinski definition) is 16. The van der Waals surface area contributed by atoms with Crippen LogP contribution in [-0.2, 0) is 35.2 Å². The van der Waals surface area contributed by atoms with Gasteiger partial charge in [-0.05, 0) is 99.1 Å². The highest BCUT2D eigenvalue weighted by atomic mass is 35.5. The lowest BCUT2D eigenvalue weighted by Crippen LogP contribution is -2.44. The molecule has 328 valence electrons. The van der Waals surface area contributed by atoms with Gasteiger partial charge in [0.15, 0.2) is 0 Å². The average molecular weight is 892 g/mol. The van der Waals surface area contributed by atoms with Gasteiger partial charge in [0.05, 0.1) is 45.2 Å². The van der Waals surface area contributed by atoms with Crippen molar-refractivity contribution in [2.75, 3.05) is 107 Å². The van der Waals surface area contributed by atoms with Crippen LogP contribution in [0.1, 0.15) is 76.6 Å². The molecule has 3 aliphatic heterocycles. The van der Waals surface area contributed by atoms with Crippen molar-refractivity contribution in [3.63, 3.8) is 0 Å². The Balaban J connectivity index is 0.000000165. The van der Waals surface area contributed by atoms with Gasteiger partial charge in [0, 0.05) is 63.1 Å². The van der Waals surface area contributed by atoms with Gasteiger partial charge in [-0.15, -0.1) is 22.7 Å². The van der Waals surface area contributed by atoms with E-state index in [2.05, 4.69) is 30.0 Å². The molecule has 5 aliphatic rings. The van der Waals surface area contributed by atoms with Crippen molar-refractivity contribution in [3.05, 3.63) is 27.5 Å². The largest absolute Gasteiger partial charge is 0.477 e. The Morgan fingerprint density at radius 2 is 1.03 bits per heavy atom. The van der Waals surface area contributed by atoms with Crippen LogP contribution in [-0.4, -0.2) is 122 Å². The maximum Gasteiger partial charge on any atom is 0.236 e. The summed E-state index contributed by atoms with van der Waals surface area (Å²) in [4.78, 5) is 38.3. The molecule has 9 heterocycles. The predicted octanol–water partition coefficient (Wildman–Crippen LogP) is 8.04. The van der Waals surface area contributed by atoms with E-state index in [-0.39, 0.29) is 20.1 Å². The average Bonchev–Trinajstić information content (AvgIpc) is 3.86. The van der Waals surface area contributed by atoms with Gasteiger partial charge < -0.3 is 39.0 Å². The molecule has 11 rings (SSSR count). The third-order valence-electron chi connectivity index (χ3n) is 12.0. The van der Waals surface area contributed by atoms with E-state index >= 15 is 0 Å². The molecule has 0 spiro atoms. The van der Waals surface area contributed by atoms with Gasteiger partial charge in [-0.3, -0.25) is 0 Å². The van der Waals surface area contributed by atoms with Crippen LogP contribution in [0.15, 0.2) is 0 Å². The van der Waals surface area contributed by atoms with Crippen LogP contribution in [0.5, 0.6) is 11.8 Å². The zero-order valence-electron chi connectivity index (χ0n) is 33.9. The van der Waals surface area contributed by atoms with E-state index in [1.54, 1.807) is 22.7 Å². The minimum absolute atomic E-state index is 0. The number of morpholine rings is 2. The number of aryl methyl sites for hydroxylation is 2. The first kappa shape index (κ1) is 43.7. The Morgan fingerprint density at radius 1 is 0.574 bits per heavy atom. The van der Waals surface area contributed by atoms with Crippen molar-refractivity contribution < 1.29 is 18.9 Å². The minimum atomic E-state index is 0. The third kappa shape index (κ3) is 8.36. The number of piperazine rings is 1. The smallest absolute Gasteiger partial charge is 0.236 e. The van der Waals surface area contributed by atoms with E-state index in [1.165, 1.54) is 53.3 Å². The lowest BCUT2D eigenvalue weighted by Gasteiger charge is -2.31. The van der Waals surface area contributed by atoms with E-state index in [0.717, 1.165) is 158 Å². The quantitative estimate of drug-likeness (QED) is 0.155. The zero-order chi connectivity index (χ0) is 39.9. The summed E-state index contributed by atoms with van der Waals surface area (Å²) in [7, 11) is 0. The van der Waals surface area contributed by atoms with Gasteiger partial charge in [-0.1, -0.05) is 14.9 Å². The summed E-state index contributed by atoms with van der Waals surface area (Å²) in [6.45, 7) is 15.5. The summed E-state index contributed by atoms with van der Waals surface area (Å²) in [5, 5.41) is 6.02. The summed E-state index contributed by atoms with van der Waals surface area (Å²) in [6, 6.07) is 0. The van der Waals surface area contributed by atoms with Gasteiger partial charge in [0.1, 0.15) is 36.2 Å². The number of nitrogens with one attached hydrogen (secondary N) is 1. The fraction of sp³-hybridized carbons (Fsp3) is 0.591. The standard InChI is InChI=1S/C23H30N6O2S.C19H21ClN4O2S.2CH4/c1-2-31-21-19-18(25-23(27-21)29-9-7-24-8-10-29)17-15-5-3-4-6-16(15)20(26-22(17)32-19)28-11-13-30-14-12-28;1-2-26-17-15-14(21-19(20)23-17)13-11-5-3-4-6-12(11)16(22-18(13)27-15)24-7-9-25-10-8-24;;/h24H,2-14H2,1H3;2-10H2,1H3;2*1H4. The monoisotopic (exact) mass is 890 g/mol. The molecule has 61 heavy (non-hydrogen) atoms. The number of aromatic nitrogens is 6. The van der Waals surface area contributed by atoms with Crippen LogP contribution in [0.4, 0.5) is 17.6 Å². The maximum atomic E-state index is 6.21. The third-order valence-corrected chi connectivity index (χ3v) is 14.3. The topological polar surface area (TPSA) is 136 Å². The number of hydrogen-bond donors (Lipinski definition) is 1. The molecular weight excluding hydrogens is 832 g/mol. The first-order chi connectivity index (χ1) is 29.1. The first-order valence-corrected chi connectivity index (χ1v) is 23.4. The normalized spacial score (nSPS) is 18.0. The SMILES string of the molecule is C.C.CCOc1nc(Cl)nc2c1sc1nc(N3CCOCC3)c3c(c12)CCCC3.CCOc1nc(N2CCNCC2)nc2c1sc1nc(N3CCOCC3)c3c(c12)CCCC3. The zero-order valence-corrected chi connectivity index (χ0v) is 36.3. The Bertz CT molecular complexity index is 2500. The molecule has 1 N–H and O–H groups in total. The van der Waals surface area contributed by atoms with E-state index in [0.29, 0.717) is 25.0 Å². The van der Waals surface area contributed by atoms with Crippen molar-refractivity contribution in [1.29, 1.82) is 0 Å². The Labute approximate surface area is 371 Å². The number of pyridine rings is 2. The van der Waals surface area contributed by atoms with Crippen LogP contribution in [0, 0.1) is 0 Å². The second-order valence-electron chi connectivity index (χ2n) is 15.5. The number of halogens is 1. The molecule has 6 aromatic heterocycles. The van der Waals surface area contributed by atoms with Crippen LogP contribution in [0.3, 0.4) is 0 Å². The van der Waals surface area contributed by atoms with Gasteiger partial charge in [0.25, 0.3) is 0 Å². The van der Waals surface area contributed by atoms with Crippen LogP contribution in [0.2, 0.25) is 5.28 Å². The summed E-state index contributed by atoms with van der Waals surface area (Å²) in [6.07, 6.45) is 9.17. The molecule has 0 unspecified atom stereocenters. The van der Waals surface area contributed by atoms with Crippen molar-refractivity contribution in [2.45, 2.75) is 80.1 Å². The van der Waals surface area contributed by atoms with Crippen LogP contribution in [0.25, 0.3) is 40.9 Å². The molecule has 2 aliphatic carbocycles. The molecule has 14 nitrogen and oxygen atoms in total. The number of nitrogens with zero attached hydrogens (tertiary/aromatic N) is 9. The molecule has 3 fully saturated rings. The highest BCUT2D eigenvalue weighted by molar-refractivity contribution is 7.26. The number of thiophene rings is 2. The summed E-state index contributed by atoms with van der Waals surface area (Å²) >= 11 is 9.51. The minimum Gasteiger partial charge on any atom is -0.477 e. The lowest BCUT2D eigenvalue weighted by atomic mass is 9.90. The summed E-state index contributed by atoms with van der Waals surface area (Å²) in [5.74, 6) is 4.34. The molecule has 6 aromatic rings. The summed E-state index contributed by atoms with van der Waals surface area (Å²) < 4.78 is 24.9. The van der Waals surface area contributed by atoms with Crippen molar-refractivity contribution >= 4 is 92.7 Å². The highest BCUT2D eigenvalue weighted by Gasteiger charge is 2.30. The van der Waals surface area contributed by atoms with Gasteiger partial charge >= 0.3 is 0 Å². The first-order valence-electron chi connectivity index (χ1n) is 21.4. The van der Waals surface area contributed by atoms with Gasteiger partial charge in [-0.2, -0.15) is 9.97 Å². The highest BCUT2D eigenvalue weighted by Crippen LogP contribution is 2.46. The van der Waals surface area contributed by atoms with Crippen molar-refractivity contribution in [3.8, 4) is 11.8 Å². The molecule has 0 amide bonds. The molecule has 0 atom stereocenters. The van der Waals surface area contributed by atoms with Gasteiger partial charge in [-0.25, -0.2) is 19.9 Å². The lowest BCUT2D eigenvalue weighted by molar-refractivity contribution is 0.122. The molecule has 3 saturated heterocycles. The van der Waals surface area contributed by atoms with E-state index in [1.807, 2.05) is 13.8 Å². The molecule has 0 radical (unpaired) electrons. The fourth-order valence-electron chi connectivity index (χ4n) is 9.28. The number of fused-ring (bicyclic) bond motifs is 10. The Hall–Kier alpha value is -3.93. The molecule has 17 heteroatoms. The van der Waals surface area contributed by atoms with Crippen molar-refractivity contribution in [2.24, 2.45) is 0 Å². The number of anilines is 3. The second-order valence-corrected chi connectivity index (χ2v) is 17.9. The van der Waals surface area contributed by atoms with Gasteiger partial charge in [0.2, 0.25) is 23.0 Å². The molecule has 0 bridgehead atoms. The van der Waals surface area contributed by atoms with Crippen LogP contribution >= 0.6 is 34.3 Å². The molecular formula is C44H59ClN10O4S2. The summed E-state index contributed by atoms with van der Waals surface area (Å²) in [5.41, 5.74) is 7.54. The Morgan fingerprint density at radius 3 is 1.52 bits per heavy atom. The molecule has 0 aromatic carbocycles. The van der Waals surface area contributed by atoms with E-state index in [9.17, 15) is 0 Å². The Kier molecular flexibility index (Phi) is 13.8. The predicted molar refractivity (Wildman–Crippen MR) is 251 cm³/mol. The van der Waals surface area contributed by atoms with E-state index < -0.39 is 0 Å². The maximum absolute atomic E-state index is 6.21. The van der Waals surface area contributed by atoms with Crippen molar-refractivity contribution in [1.82, 2.24) is 35.2 Å². The number of rotatable bonds is 7.